The highest BCUT2D eigenvalue weighted by atomic mass is 31.2. The molecule has 3 atom stereocenters. The molecule has 5 rings (SSSR count). The molecule has 4 nitrogen and oxygen atoms in total. The Morgan fingerprint density at radius 1 is 0.907 bits per heavy atom. The van der Waals surface area contributed by atoms with E-state index in [2.05, 4.69) is 145 Å². The Balaban J connectivity index is 1.36. The lowest BCUT2D eigenvalue weighted by Crippen LogP contribution is -2.43. The first-order valence-electron chi connectivity index (χ1n) is 16.1. The topological polar surface area (TPSA) is 30.9 Å². The maximum atomic E-state index is 6.40. The molecule has 43 heavy (non-hydrogen) atoms. The summed E-state index contributed by atoms with van der Waals surface area (Å²) in [6.45, 7) is 11.6. The van der Waals surface area contributed by atoms with Crippen LogP contribution in [0, 0.1) is 17.8 Å². The van der Waals surface area contributed by atoms with Gasteiger partial charge in [0.05, 0.1) is 11.8 Å². The third-order valence-electron chi connectivity index (χ3n) is 8.86. The van der Waals surface area contributed by atoms with Gasteiger partial charge in [0.2, 0.25) is 0 Å². The molecule has 2 unspecified atom stereocenters. The minimum atomic E-state index is -1.92. The molecule has 1 aliphatic rings. The van der Waals surface area contributed by atoms with Crippen LogP contribution in [0.25, 0.3) is 0 Å². The molecule has 224 valence electrons. The molecule has 1 saturated carbocycles. The van der Waals surface area contributed by atoms with Gasteiger partial charge in [-0.05, 0) is 79.8 Å². The van der Waals surface area contributed by atoms with Crippen LogP contribution >= 0.6 is 7.26 Å². The zero-order chi connectivity index (χ0) is 29.9. The average Bonchev–Trinajstić information content (AvgIpc) is 3.65. The van der Waals surface area contributed by atoms with E-state index < -0.39 is 7.26 Å². The van der Waals surface area contributed by atoms with Crippen molar-refractivity contribution in [2.75, 3.05) is 12.8 Å². The van der Waals surface area contributed by atoms with Gasteiger partial charge in [-0.25, -0.2) is 0 Å². The normalized spacial score (nSPS) is 18.8. The highest BCUT2D eigenvalue weighted by Crippen LogP contribution is 2.55. The van der Waals surface area contributed by atoms with Gasteiger partial charge in [0.15, 0.2) is 11.9 Å². The largest absolute Gasteiger partial charge is 0.372 e. The van der Waals surface area contributed by atoms with E-state index in [1.54, 1.807) is 0 Å². The fraction of sp³-hybridized carbons (Fsp3) is 0.368. The molecule has 1 fully saturated rings. The number of hydrogen-bond donors (Lipinski definition) is 0. The number of nitrogens with zero attached hydrogens (tertiary/aromatic N) is 3. The fourth-order valence-electron chi connectivity index (χ4n) is 6.70. The van der Waals surface area contributed by atoms with Gasteiger partial charge in [-0.1, -0.05) is 86.7 Å². The number of aromatic nitrogens is 3. The highest BCUT2D eigenvalue weighted by molar-refractivity contribution is 7.95. The van der Waals surface area contributed by atoms with Crippen LogP contribution in [-0.4, -0.2) is 22.7 Å². The van der Waals surface area contributed by atoms with Crippen LogP contribution in [0.15, 0.2) is 122 Å². The number of hydrogen-bond acceptors (Lipinski definition) is 2. The highest BCUT2D eigenvalue weighted by Gasteiger charge is 2.45. The van der Waals surface area contributed by atoms with Gasteiger partial charge >= 0.3 is 0 Å². The molecule has 0 radical (unpaired) electrons. The van der Waals surface area contributed by atoms with E-state index in [1.165, 1.54) is 28.8 Å². The third kappa shape index (κ3) is 7.43. The smallest absolute Gasteiger partial charge is 0.193 e. The van der Waals surface area contributed by atoms with Crippen molar-refractivity contribution < 1.29 is 9.42 Å². The SMILES string of the molecule is C=C[C@@H]1CC(/C=C/CC)CC1COCc1c[n+](CC[P+](c2ccccc2)(c2ccccc2)c2ccccc2)nn1CCC. The van der Waals surface area contributed by atoms with E-state index in [4.69, 9.17) is 9.95 Å². The molecule has 1 heterocycles. The second-order valence-corrected chi connectivity index (χ2v) is 15.4. The average molecular weight is 594 g/mol. The van der Waals surface area contributed by atoms with Crippen LogP contribution in [0.3, 0.4) is 0 Å². The Hall–Kier alpha value is -3.33. The Kier molecular flexibility index (Phi) is 11.1. The standard InChI is InChI=1S/C38H48N3OP/c1-4-7-17-32-27-33(6-3)34(28-32)30-42-31-35-29-40(39-41(35)24-5-2)25-26-43(36-18-11-8-12-19-36,37-20-13-9-14-21-37)38-22-15-10-16-23-38/h6-23,29,32-34H,3-5,24-28,30-31H2,1-2H3/q+2/b17-7+/t32?,33-,34?/m1/s1. The first-order chi connectivity index (χ1) is 21.2. The summed E-state index contributed by atoms with van der Waals surface area (Å²) in [5.74, 6) is 1.71. The van der Waals surface area contributed by atoms with Crippen molar-refractivity contribution in [1.82, 2.24) is 9.90 Å². The predicted octanol–water partition coefficient (Wildman–Crippen LogP) is 6.89. The summed E-state index contributed by atoms with van der Waals surface area (Å²) in [6, 6.07) is 33.3. The van der Waals surface area contributed by atoms with E-state index in [0.29, 0.717) is 24.4 Å². The van der Waals surface area contributed by atoms with Gasteiger partial charge in [0.25, 0.3) is 0 Å². The van der Waals surface area contributed by atoms with Crippen molar-refractivity contribution in [2.24, 2.45) is 17.8 Å². The summed E-state index contributed by atoms with van der Waals surface area (Å²) in [5.41, 5.74) is 1.15. The molecule has 0 spiro atoms. The van der Waals surface area contributed by atoms with Gasteiger partial charge in [-0.15, -0.1) is 15.9 Å². The number of rotatable bonds is 15. The molecule has 0 bridgehead atoms. The Bertz CT molecular complexity index is 1340. The van der Waals surface area contributed by atoms with Gasteiger partial charge in [0, 0.05) is 0 Å². The van der Waals surface area contributed by atoms with Crippen molar-refractivity contribution in [3.8, 4) is 0 Å². The number of allylic oxidation sites excluding steroid dienone is 3. The quantitative estimate of drug-likeness (QED) is 0.0855. The molecule has 4 aromatic rings. The lowest BCUT2D eigenvalue weighted by Gasteiger charge is -2.26. The van der Waals surface area contributed by atoms with E-state index in [1.807, 2.05) is 0 Å². The predicted molar refractivity (Wildman–Crippen MR) is 182 cm³/mol. The molecule has 0 amide bonds. The Morgan fingerprint density at radius 3 is 2.05 bits per heavy atom. The van der Waals surface area contributed by atoms with Crippen molar-refractivity contribution in [1.29, 1.82) is 0 Å². The van der Waals surface area contributed by atoms with Crippen LogP contribution in [0.5, 0.6) is 0 Å². The van der Waals surface area contributed by atoms with Crippen LogP contribution in [0.2, 0.25) is 0 Å². The summed E-state index contributed by atoms with van der Waals surface area (Å²) in [5, 5.41) is 9.28. The second-order valence-electron chi connectivity index (χ2n) is 11.8. The Labute approximate surface area is 259 Å². The van der Waals surface area contributed by atoms with Gasteiger partial charge in [-0.3, -0.25) is 0 Å². The van der Waals surface area contributed by atoms with Crippen molar-refractivity contribution >= 4 is 23.2 Å². The molecule has 0 N–H and O–H groups in total. The molecule has 5 heteroatoms. The number of benzene rings is 3. The lowest BCUT2D eigenvalue weighted by molar-refractivity contribution is -0.751. The summed E-state index contributed by atoms with van der Waals surface area (Å²) >= 11 is 0. The van der Waals surface area contributed by atoms with Crippen LogP contribution in [0.4, 0.5) is 0 Å². The maximum Gasteiger partial charge on any atom is 0.193 e. The van der Waals surface area contributed by atoms with Crippen molar-refractivity contribution in [3.63, 3.8) is 0 Å². The monoisotopic (exact) mass is 593 g/mol. The van der Waals surface area contributed by atoms with Crippen molar-refractivity contribution in [3.05, 3.63) is 128 Å². The fourth-order valence-corrected chi connectivity index (χ4v) is 10.9. The van der Waals surface area contributed by atoms with Crippen LogP contribution in [0.1, 0.15) is 45.2 Å². The molecule has 0 saturated heterocycles. The lowest BCUT2D eigenvalue weighted by atomic mass is 9.97. The molecule has 1 aliphatic carbocycles. The second kappa shape index (κ2) is 15.4. The third-order valence-corrected chi connectivity index (χ3v) is 13.3. The number of aryl methyl sites for hydroxylation is 2. The molecular weight excluding hydrogens is 545 g/mol. The van der Waals surface area contributed by atoms with E-state index >= 15 is 0 Å². The number of ether oxygens (including phenoxy) is 1. The summed E-state index contributed by atoms with van der Waals surface area (Å²) in [4.78, 5) is 0. The molecule has 1 aromatic heterocycles. The summed E-state index contributed by atoms with van der Waals surface area (Å²) in [7, 11) is -1.92. The van der Waals surface area contributed by atoms with E-state index in [9.17, 15) is 0 Å². The molecule has 0 aliphatic heterocycles. The minimum Gasteiger partial charge on any atom is -0.372 e. The molecule has 3 aromatic carbocycles. The summed E-state index contributed by atoms with van der Waals surface area (Å²) in [6.07, 6.45) is 14.6. The maximum absolute atomic E-state index is 6.40. The van der Waals surface area contributed by atoms with Crippen LogP contribution in [-0.2, 0) is 24.4 Å². The van der Waals surface area contributed by atoms with E-state index in [-0.39, 0.29) is 0 Å². The van der Waals surface area contributed by atoms with Gasteiger partial charge < -0.3 is 4.74 Å². The van der Waals surface area contributed by atoms with Crippen molar-refractivity contribution in [2.45, 2.75) is 59.2 Å². The van der Waals surface area contributed by atoms with Gasteiger partial charge in [0.1, 0.15) is 49.0 Å². The van der Waals surface area contributed by atoms with E-state index in [0.717, 1.165) is 44.4 Å². The minimum absolute atomic E-state index is 0.531. The zero-order valence-corrected chi connectivity index (χ0v) is 26.9. The molecular formula is C38H48N3OP+2. The zero-order valence-electron chi connectivity index (χ0n) is 26.0. The van der Waals surface area contributed by atoms with Crippen LogP contribution < -0.4 is 20.6 Å². The van der Waals surface area contributed by atoms with Gasteiger partial charge in [-0.2, -0.15) is 0 Å². The first kappa shape index (κ1) is 31.1. The Morgan fingerprint density at radius 2 is 1.51 bits per heavy atom. The summed E-state index contributed by atoms with van der Waals surface area (Å²) < 4.78 is 10.7. The first-order valence-corrected chi connectivity index (χ1v) is 18.0.